The summed E-state index contributed by atoms with van der Waals surface area (Å²) in [5.74, 6) is 0.915. The minimum Gasteiger partial charge on any atom is -0.493 e. The van der Waals surface area contributed by atoms with Gasteiger partial charge in [0.2, 0.25) is 10.0 Å². The number of sulfonamides is 1. The maximum absolute atomic E-state index is 12.5. The highest BCUT2D eigenvalue weighted by Gasteiger charge is 2.21. The topological polar surface area (TPSA) is 55.4 Å². The van der Waals surface area contributed by atoms with Crippen LogP contribution in [0, 0.1) is 0 Å². The van der Waals surface area contributed by atoms with Crippen molar-refractivity contribution in [3.63, 3.8) is 0 Å². The fourth-order valence-corrected chi connectivity index (χ4v) is 4.78. The van der Waals surface area contributed by atoms with E-state index in [1.54, 1.807) is 6.07 Å². The number of benzene rings is 2. The Kier molecular flexibility index (Phi) is 5.06. The predicted octanol–water partition coefficient (Wildman–Crippen LogP) is 3.84. The summed E-state index contributed by atoms with van der Waals surface area (Å²) in [6.45, 7) is 2.52. The number of nitrogens with one attached hydrogen (secondary N) is 1. The van der Waals surface area contributed by atoms with Crippen molar-refractivity contribution in [3.05, 3.63) is 57.6 Å². The molecule has 24 heavy (non-hydrogen) atoms. The Morgan fingerprint density at radius 3 is 2.79 bits per heavy atom. The molecule has 0 amide bonds. The molecule has 3 rings (SSSR count). The number of rotatable bonds is 5. The van der Waals surface area contributed by atoms with Gasteiger partial charge < -0.3 is 4.74 Å². The molecule has 0 aliphatic carbocycles. The van der Waals surface area contributed by atoms with Crippen LogP contribution in [0.3, 0.4) is 0 Å². The second kappa shape index (κ2) is 6.92. The molecule has 0 saturated heterocycles. The summed E-state index contributed by atoms with van der Waals surface area (Å²) in [5, 5.41) is 0.472. The summed E-state index contributed by atoms with van der Waals surface area (Å²) in [4.78, 5) is -0.00845. The molecule has 1 aliphatic heterocycles. The molecule has 0 saturated carbocycles. The minimum absolute atomic E-state index is 0.00845. The Bertz CT molecular complexity index is 868. The van der Waals surface area contributed by atoms with Crippen molar-refractivity contribution in [1.29, 1.82) is 0 Å². The van der Waals surface area contributed by atoms with Gasteiger partial charge in [-0.1, -0.05) is 35.3 Å². The highest BCUT2D eigenvalue weighted by molar-refractivity contribution is 7.89. The lowest BCUT2D eigenvalue weighted by molar-refractivity contribution is 0.357. The van der Waals surface area contributed by atoms with Gasteiger partial charge in [0.15, 0.2) is 0 Å². The molecular formula is C17H17Cl2NO3S. The van der Waals surface area contributed by atoms with Crippen LogP contribution < -0.4 is 9.46 Å². The lowest BCUT2D eigenvalue weighted by Crippen LogP contribution is -2.34. The second-order valence-electron chi connectivity index (χ2n) is 5.84. The Hall–Kier alpha value is -1.27. The van der Waals surface area contributed by atoms with E-state index in [4.69, 9.17) is 27.9 Å². The third-order valence-electron chi connectivity index (χ3n) is 3.83. The van der Waals surface area contributed by atoms with Crippen LogP contribution >= 0.6 is 23.2 Å². The standard InChI is InChI=1S/C17H17Cl2NO3S/c1-11(8-12-2-5-16-13(9-12)6-7-23-16)20-24(21,22)17-10-14(18)3-4-15(17)19/h2-5,9-11,20H,6-8H2,1H3. The normalized spacial score (nSPS) is 15.0. The molecule has 7 heteroatoms. The molecule has 0 aromatic heterocycles. The van der Waals surface area contributed by atoms with E-state index < -0.39 is 10.0 Å². The van der Waals surface area contributed by atoms with Crippen molar-refractivity contribution in [2.24, 2.45) is 0 Å². The van der Waals surface area contributed by atoms with E-state index in [-0.39, 0.29) is 16.0 Å². The predicted molar refractivity (Wildman–Crippen MR) is 95.6 cm³/mol. The highest BCUT2D eigenvalue weighted by Crippen LogP contribution is 2.27. The lowest BCUT2D eigenvalue weighted by atomic mass is 10.0. The first-order valence-electron chi connectivity index (χ1n) is 7.57. The van der Waals surface area contributed by atoms with Crippen LogP contribution in [-0.4, -0.2) is 21.1 Å². The first-order chi connectivity index (χ1) is 11.3. The van der Waals surface area contributed by atoms with Crippen LogP contribution in [-0.2, 0) is 22.9 Å². The van der Waals surface area contributed by atoms with E-state index in [9.17, 15) is 8.42 Å². The molecule has 1 aliphatic rings. The van der Waals surface area contributed by atoms with Crippen molar-refractivity contribution in [3.8, 4) is 5.75 Å². The number of fused-ring (bicyclic) bond motifs is 1. The van der Waals surface area contributed by atoms with Crippen LogP contribution in [0.2, 0.25) is 10.0 Å². The van der Waals surface area contributed by atoms with Gasteiger partial charge in [-0.3, -0.25) is 0 Å². The molecule has 1 N–H and O–H groups in total. The molecule has 2 aromatic carbocycles. The van der Waals surface area contributed by atoms with Gasteiger partial charge in [0.25, 0.3) is 0 Å². The van der Waals surface area contributed by atoms with E-state index in [0.717, 1.165) is 17.7 Å². The Morgan fingerprint density at radius 1 is 1.21 bits per heavy atom. The van der Waals surface area contributed by atoms with E-state index in [1.807, 2.05) is 19.1 Å². The smallest absolute Gasteiger partial charge is 0.242 e. The molecular weight excluding hydrogens is 369 g/mol. The average Bonchev–Trinajstić information content (AvgIpc) is 2.96. The first kappa shape index (κ1) is 17.5. The molecule has 2 aromatic rings. The molecule has 128 valence electrons. The monoisotopic (exact) mass is 385 g/mol. The van der Waals surface area contributed by atoms with Crippen LogP contribution in [0.4, 0.5) is 0 Å². The van der Waals surface area contributed by atoms with E-state index in [0.29, 0.717) is 18.1 Å². The van der Waals surface area contributed by atoms with Crippen LogP contribution in [0.5, 0.6) is 5.75 Å². The second-order valence-corrected chi connectivity index (χ2v) is 8.37. The van der Waals surface area contributed by atoms with Crippen LogP contribution in [0.15, 0.2) is 41.3 Å². The minimum atomic E-state index is -3.74. The first-order valence-corrected chi connectivity index (χ1v) is 9.81. The zero-order valence-corrected chi connectivity index (χ0v) is 15.4. The maximum atomic E-state index is 12.5. The van der Waals surface area contributed by atoms with Crippen LogP contribution in [0.1, 0.15) is 18.1 Å². The maximum Gasteiger partial charge on any atom is 0.242 e. The Balaban J connectivity index is 1.74. The fraction of sp³-hybridized carbons (Fsp3) is 0.294. The molecule has 0 bridgehead atoms. The summed E-state index contributed by atoms with van der Waals surface area (Å²) < 4.78 is 33.2. The number of halogens is 2. The van der Waals surface area contributed by atoms with Crippen molar-refractivity contribution in [2.75, 3.05) is 6.61 Å². The third-order valence-corrected chi connectivity index (χ3v) is 6.14. The highest BCUT2D eigenvalue weighted by atomic mass is 35.5. The zero-order chi connectivity index (χ0) is 17.3. The molecule has 1 atom stereocenters. The Labute approximate surface area is 151 Å². The quantitative estimate of drug-likeness (QED) is 0.850. The van der Waals surface area contributed by atoms with E-state index >= 15 is 0 Å². The van der Waals surface area contributed by atoms with Gasteiger partial charge in [-0.05, 0) is 48.7 Å². The van der Waals surface area contributed by atoms with Gasteiger partial charge >= 0.3 is 0 Å². The number of ether oxygens (including phenoxy) is 1. The zero-order valence-electron chi connectivity index (χ0n) is 13.1. The molecule has 1 heterocycles. The third kappa shape index (κ3) is 3.86. The van der Waals surface area contributed by atoms with Gasteiger partial charge in [-0.2, -0.15) is 0 Å². The van der Waals surface area contributed by atoms with Crippen LogP contribution in [0.25, 0.3) is 0 Å². The van der Waals surface area contributed by atoms with E-state index in [1.165, 1.54) is 17.7 Å². The van der Waals surface area contributed by atoms with Gasteiger partial charge in [0.1, 0.15) is 10.6 Å². The van der Waals surface area contributed by atoms with Crippen molar-refractivity contribution in [1.82, 2.24) is 4.72 Å². The average molecular weight is 386 g/mol. The van der Waals surface area contributed by atoms with Crippen molar-refractivity contribution < 1.29 is 13.2 Å². The van der Waals surface area contributed by atoms with Gasteiger partial charge in [-0.15, -0.1) is 0 Å². The van der Waals surface area contributed by atoms with Crippen molar-refractivity contribution >= 4 is 33.2 Å². The fourth-order valence-electron chi connectivity index (χ4n) is 2.77. The molecule has 1 unspecified atom stereocenters. The SMILES string of the molecule is CC(Cc1ccc2c(c1)CCO2)NS(=O)(=O)c1cc(Cl)ccc1Cl. The summed E-state index contributed by atoms with van der Waals surface area (Å²) in [6, 6.07) is 10.1. The summed E-state index contributed by atoms with van der Waals surface area (Å²) >= 11 is 11.9. The Morgan fingerprint density at radius 2 is 2.00 bits per heavy atom. The van der Waals surface area contributed by atoms with Crippen molar-refractivity contribution in [2.45, 2.75) is 30.7 Å². The van der Waals surface area contributed by atoms with E-state index in [2.05, 4.69) is 10.8 Å². The van der Waals surface area contributed by atoms with Gasteiger partial charge in [-0.25, -0.2) is 13.1 Å². The molecule has 0 fully saturated rings. The van der Waals surface area contributed by atoms with Gasteiger partial charge in [0, 0.05) is 17.5 Å². The van der Waals surface area contributed by atoms with Gasteiger partial charge in [0.05, 0.1) is 11.6 Å². The number of hydrogen-bond acceptors (Lipinski definition) is 3. The summed E-state index contributed by atoms with van der Waals surface area (Å²) in [6.07, 6.45) is 1.46. The summed E-state index contributed by atoms with van der Waals surface area (Å²) in [7, 11) is -3.74. The lowest BCUT2D eigenvalue weighted by Gasteiger charge is -2.15. The molecule has 0 spiro atoms. The summed E-state index contributed by atoms with van der Waals surface area (Å²) in [5.41, 5.74) is 2.23. The molecule has 0 radical (unpaired) electrons. The molecule has 4 nitrogen and oxygen atoms in total. The number of hydrogen-bond donors (Lipinski definition) is 1. The largest absolute Gasteiger partial charge is 0.493 e.